The van der Waals surface area contributed by atoms with E-state index in [1.54, 1.807) is 24.1 Å². The molecule has 10 nitrogen and oxygen atoms in total. The zero-order chi connectivity index (χ0) is 21.8. The summed E-state index contributed by atoms with van der Waals surface area (Å²) < 4.78 is 51.2. The van der Waals surface area contributed by atoms with Crippen LogP contribution in [0, 0.1) is 10.1 Å². The summed E-state index contributed by atoms with van der Waals surface area (Å²) in [5.41, 5.74) is -0.115. The minimum absolute atomic E-state index is 0.194. The Labute approximate surface area is 169 Å². The van der Waals surface area contributed by atoms with Crippen LogP contribution in [0.3, 0.4) is 0 Å². The van der Waals surface area contributed by atoms with Crippen LogP contribution in [0.15, 0.2) is 52.3 Å². The molecule has 0 saturated carbocycles. The number of nitrogens with two attached hydrogens (primary N) is 1. The van der Waals surface area contributed by atoms with E-state index in [2.05, 4.69) is 0 Å². The normalized spacial score (nSPS) is 11.8. The van der Waals surface area contributed by atoms with Crippen LogP contribution >= 0.6 is 0 Å². The molecular formula is C17H21N3O7S2. The summed E-state index contributed by atoms with van der Waals surface area (Å²) in [5.74, 6) is 0.503. The monoisotopic (exact) mass is 443 g/mol. The van der Waals surface area contributed by atoms with Crippen molar-refractivity contribution in [3.8, 4) is 5.75 Å². The summed E-state index contributed by atoms with van der Waals surface area (Å²) in [7, 11) is -5.68. The molecule has 0 unspecified atom stereocenters. The number of sulfonamides is 1. The molecule has 0 radical (unpaired) electrons. The number of hydrogen-bond acceptors (Lipinski definition) is 8. The van der Waals surface area contributed by atoms with Crippen LogP contribution in [0.1, 0.15) is 6.42 Å². The van der Waals surface area contributed by atoms with Gasteiger partial charge in [-0.15, -0.1) is 0 Å². The van der Waals surface area contributed by atoms with Crippen molar-refractivity contribution >= 4 is 31.2 Å². The van der Waals surface area contributed by atoms with Crippen LogP contribution < -0.4 is 14.8 Å². The molecule has 12 heteroatoms. The SMILES string of the molecule is CN(CCCOc1ccc(S(C)(=O)=O)cc1)c1ccc(S(N)(=O)=O)cc1[N+](=O)[O-]. The van der Waals surface area contributed by atoms with Gasteiger partial charge in [-0.25, -0.2) is 22.0 Å². The van der Waals surface area contributed by atoms with Gasteiger partial charge in [0.15, 0.2) is 9.84 Å². The lowest BCUT2D eigenvalue weighted by Gasteiger charge is -2.19. The minimum atomic E-state index is -4.05. The Morgan fingerprint density at radius 1 is 1.07 bits per heavy atom. The van der Waals surface area contributed by atoms with Crippen molar-refractivity contribution in [2.75, 3.05) is 31.4 Å². The van der Waals surface area contributed by atoms with Crippen LogP contribution in [0.4, 0.5) is 11.4 Å². The van der Waals surface area contributed by atoms with Crippen molar-refractivity contribution in [3.05, 3.63) is 52.6 Å². The molecular weight excluding hydrogens is 422 g/mol. The molecule has 0 aliphatic heterocycles. The van der Waals surface area contributed by atoms with E-state index >= 15 is 0 Å². The van der Waals surface area contributed by atoms with Crippen molar-refractivity contribution in [3.63, 3.8) is 0 Å². The predicted octanol–water partition coefficient (Wildman–Crippen LogP) is 1.55. The molecule has 0 aromatic heterocycles. The lowest BCUT2D eigenvalue weighted by atomic mass is 10.2. The fourth-order valence-electron chi connectivity index (χ4n) is 2.54. The fraction of sp³-hybridized carbons (Fsp3) is 0.294. The second-order valence-corrected chi connectivity index (χ2v) is 9.90. The number of benzene rings is 2. The van der Waals surface area contributed by atoms with Gasteiger partial charge in [0.25, 0.3) is 5.69 Å². The van der Waals surface area contributed by atoms with E-state index < -0.39 is 24.8 Å². The van der Waals surface area contributed by atoms with Gasteiger partial charge in [0, 0.05) is 25.9 Å². The first-order chi connectivity index (χ1) is 13.4. The summed E-state index contributed by atoms with van der Waals surface area (Å²) >= 11 is 0. The van der Waals surface area contributed by atoms with E-state index in [0.29, 0.717) is 25.3 Å². The molecule has 0 amide bonds. The first kappa shape index (κ1) is 22.6. The summed E-state index contributed by atoms with van der Waals surface area (Å²) in [6.07, 6.45) is 1.63. The highest BCUT2D eigenvalue weighted by atomic mass is 32.2. The second-order valence-electron chi connectivity index (χ2n) is 6.32. The number of nitrogens with zero attached hydrogens (tertiary/aromatic N) is 2. The first-order valence-electron chi connectivity index (χ1n) is 8.35. The lowest BCUT2D eigenvalue weighted by Crippen LogP contribution is -2.22. The Morgan fingerprint density at radius 2 is 1.66 bits per heavy atom. The van der Waals surface area contributed by atoms with Crippen LogP contribution in [0.5, 0.6) is 5.75 Å². The molecule has 0 saturated heterocycles. The summed E-state index contributed by atoms with van der Waals surface area (Å²) in [6.45, 7) is 0.697. The van der Waals surface area contributed by atoms with Crippen molar-refractivity contribution in [2.45, 2.75) is 16.2 Å². The zero-order valence-electron chi connectivity index (χ0n) is 15.8. The first-order valence-corrected chi connectivity index (χ1v) is 11.8. The van der Waals surface area contributed by atoms with Crippen LogP contribution in [-0.4, -0.2) is 48.2 Å². The molecule has 0 spiro atoms. The maximum absolute atomic E-state index is 11.4. The van der Waals surface area contributed by atoms with Crippen LogP contribution in [0.25, 0.3) is 0 Å². The third-order valence-electron chi connectivity index (χ3n) is 4.04. The quantitative estimate of drug-likeness (QED) is 0.348. The number of rotatable bonds is 9. The standard InChI is InChI=1S/C17H21N3O7S2/c1-19(16-9-8-15(29(18,25)26)12-17(16)20(21)22)10-3-11-27-13-4-6-14(7-5-13)28(2,23)24/h4-9,12H,3,10-11H2,1-2H3,(H2,18,25,26). The number of primary sulfonamides is 1. The van der Waals surface area contributed by atoms with E-state index in [0.717, 1.165) is 12.3 Å². The largest absolute Gasteiger partial charge is 0.494 e. The van der Waals surface area contributed by atoms with E-state index in [9.17, 15) is 26.9 Å². The molecule has 0 heterocycles. The molecule has 2 rings (SSSR count). The number of ether oxygens (including phenoxy) is 1. The maximum atomic E-state index is 11.4. The third-order valence-corrected chi connectivity index (χ3v) is 6.08. The Balaban J connectivity index is 1.99. The van der Waals surface area contributed by atoms with Crippen molar-refractivity contribution < 1.29 is 26.5 Å². The molecule has 2 aromatic carbocycles. The van der Waals surface area contributed by atoms with Gasteiger partial charge in [0.2, 0.25) is 10.0 Å². The number of anilines is 1. The molecule has 0 bridgehead atoms. The highest BCUT2D eigenvalue weighted by Gasteiger charge is 2.21. The van der Waals surface area contributed by atoms with Gasteiger partial charge >= 0.3 is 0 Å². The van der Waals surface area contributed by atoms with Gasteiger partial charge < -0.3 is 9.64 Å². The number of sulfone groups is 1. The Bertz CT molecular complexity index is 1100. The Kier molecular flexibility index (Phi) is 6.82. The van der Waals surface area contributed by atoms with Gasteiger partial charge in [0.1, 0.15) is 11.4 Å². The minimum Gasteiger partial charge on any atom is -0.494 e. The molecule has 2 aromatic rings. The van der Waals surface area contributed by atoms with Crippen molar-refractivity contribution in [1.29, 1.82) is 0 Å². The average Bonchev–Trinajstić information content (AvgIpc) is 2.63. The highest BCUT2D eigenvalue weighted by molar-refractivity contribution is 7.90. The summed E-state index contributed by atoms with van der Waals surface area (Å²) in [4.78, 5) is 12.1. The van der Waals surface area contributed by atoms with E-state index in [1.807, 2.05) is 0 Å². The zero-order valence-corrected chi connectivity index (χ0v) is 17.4. The second kappa shape index (κ2) is 8.76. The summed E-state index contributed by atoms with van der Waals surface area (Å²) in [6, 6.07) is 9.49. The Morgan fingerprint density at radius 3 is 2.17 bits per heavy atom. The van der Waals surface area contributed by atoms with Gasteiger partial charge in [-0.1, -0.05) is 0 Å². The molecule has 29 heavy (non-hydrogen) atoms. The topological polar surface area (TPSA) is 150 Å². The number of nitro benzene ring substituents is 1. The lowest BCUT2D eigenvalue weighted by molar-refractivity contribution is -0.384. The number of nitro groups is 1. The number of hydrogen-bond donors (Lipinski definition) is 1. The van der Waals surface area contributed by atoms with Gasteiger partial charge in [-0.05, 0) is 42.8 Å². The van der Waals surface area contributed by atoms with Crippen LogP contribution in [-0.2, 0) is 19.9 Å². The van der Waals surface area contributed by atoms with Gasteiger partial charge in [-0.2, -0.15) is 0 Å². The molecule has 0 aliphatic carbocycles. The van der Waals surface area contributed by atoms with Gasteiger partial charge in [0.05, 0.1) is 21.3 Å². The highest BCUT2D eigenvalue weighted by Crippen LogP contribution is 2.30. The average molecular weight is 444 g/mol. The maximum Gasteiger partial charge on any atom is 0.293 e. The van der Waals surface area contributed by atoms with E-state index in [1.165, 1.54) is 24.3 Å². The van der Waals surface area contributed by atoms with Crippen molar-refractivity contribution in [2.24, 2.45) is 5.14 Å². The molecule has 158 valence electrons. The third kappa shape index (κ3) is 6.14. The molecule has 0 fully saturated rings. The fourth-order valence-corrected chi connectivity index (χ4v) is 3.71. The molecule has 0 atom stereocenters. The van der Waals surface area contributed by atoms with E-state index in [-0.39, 0.29) is 21.2 Å². The smallest absolute Gasteiger partial charge is 0.293 e. The van der Waals surface area contributed by atoms with E-state index in [4.69, 9.17) is 9.88 Å². The molecule has 0 aliphatic rings. The summed E-state index contributed by atoms with van der Waals surface area (Å²) in [5, 5.41) is 16.3. The van der Waals surface area contributed by atoms with Gasteiger partial charge in [-0.3, -0.25) is 10.1 Å². The van der Waals surface area contributed by atoms with Crippen molar-refractivity contribution in [1.82, 2.24) is 0 Å². The molecule has 2 N–H and O–H groups in total. The predicted molar refractivity (Wildman–Crippen MR) is 107 cm³/mol. The van der Waals surface area contributed by atoms with Crippen LogP contribution in [0.2, 0.25) is 0 Å². The Hall–Kier alpha value is -2.70.